The summed E-state index contributed by atoms with van der Waals surface area (Å²) >= 11 is 12.2. The number of carbonyl (C=O) groups is 2. The van der Waals surface area contributed by atoms with Crippen molar-refractivity contribution in [1.29, 1.82) is 0 Å². The van der Waals surface area contributed by atoms with E-state index in [1.54, 1.807) is 41.3 Å². The van der Waals surface area contributed by atoms with Gasteiger partial charge in [0.25, 0.3) is 5.91 Å². The molecule has 33 heavy (non-hydrogen) atoms. The van der Waals surface area contributed by atoms with Crippen LogP contribution in [0.3, 0.4) is 0 Å². The van der Waals surface area contributed by atoms with E-state index < -0.39 is 18.1 Å². The van der Waals surface area contributed by atoms with Crippen LogP contribution in [0.2, 0.25) is 10.0 Å². The summed E-state index contributed by atoms with van der Waals surface area (Å²) in [5, 5.41) is 2.15. The number of carbonyl (C=O) groups excluding carboxylic acids is 2. The fourth-order valence-electron chi connectivity index (χ4n) is 4.59. The summed E-state index contributed by atoms with van der Waals surface area (Å²) in [7, 11) is 1.34. The first-order valence-corrected chi connectivity index (χ1v) is 11.2. The van der Waals surface area contributed by atoms with E-state index in [9.17, 15) is 9.59 Å². The van der Waals surface area contributed by atoms with Gasteiger partial charge in [-0.05, 0) is 53.6 Å². The number of methoxy groups -OCH3 is 1. The molecule has 1 aliphatic rings. The predicted molar refractivity (Wildman–Crippen MR) is 129 cm³/mol. The van der Waals surface area contributed by atoms with Crippen molar-refractivity contribution >= 4 is 46.0 Å². The van der Waals surface area contributed by atoms with Gasteiger partial charge in [0, 0.05) is 38.6 Å². The zero-order valence-electron chi connectivity index (χ0n) is 17.7. The number of benzene rings is 3. The minimum Gasteiger partial charge on any atom is -0.467 e. The lowest BCUT2D eigenvalue weighted by atomic mass is 9.87. The molecule has 1 aliphatic heterocycles. The summed E-state index contributed by atoms with van der Waals surface area (Å²) < 4.78 is 5.15. The Morgan fingerprint density at radius 3 is 2.24 bits per heavy atom. The number of halogens is 2. The zero-order valence-corrected chi connectivity index (χ0v) is 19.2. The van der Waals surface area contributed by atoms with Crippen LogP contribution in [0, 0.1) is 0 Å². The molecule has 0 bridgehead atoms. The highest BCUT2D eigenvalue weighted by molar-refractivity contribution is 6.30. The minimum absolute atomic E-state index is 0.286. The number of nitrogens with zero attached hydrogens (tertiary/aromatic N) is 1. The molecular formula is C26H20Cl2N2O3. The summed E-state index contributed by atoms with van der Waals surface area (Å²) in [5.41, 5.74) is 4.10. The fraction of sp³-hybridized carbons (Fsp3) is 0.154. The van der Waals surface area contributed by atoms with Gasteiger partial charge in [0.1, 0.15) is 6.04 Å². The number of para-hydroxylation sites is 1. The highest BCUT2D eigenvalue weighted by Crippen LogP contribution is 2.42. The van der Waals surface area contributed by atoms with Crippen LogP contribution < -0.4 is 0 Å². The number of hydrogen-bond donors (Lipinski definition) is 1. The summed E-state index contributed by atoms with van der Waals surface area (Å²) in [5.74, 6) is -0.751. The van der Waals surface area contributed by atoms with E-state index in [0.717, 1.165) is 27.7 Å². The van der Waals surface area contributed by atoms with Crippen molar-refractivity contribution in [2.45, 2.75) is 18.5 Å². The molecule has 0 spiro atoms. The van der Waals surface area contributed by atoms with Crippen LogP contribution in [-0.4, -0.2) is 34.9 Å². The number of esters is 1. The summed E-state index contributed by atoms with van der Waals surface area (Å²) in [6, 6.07) is 20.6. The molecule has 4 aromatic rings. The van der Waals surface area contributed by atoms with Crippen molar-refractivity contribution in [2.24, 2.45) is 0 Å². The van der Waals surface area contributed by atoms with Gasteiger partial charge in [-0.1, -0.05) is 53.5 Å². The van der Waals surface area contributed by atoms with Crippen LogP contribution in [0.4, 0.5) is 0 Å². The van der Waals surface area contributed by atoms with Crippen LogP contribution in [0.15, 0.2) is 72.8 Å². The first-order valence-electron chi connectivity index (χ1n) is 10.5. The average Bonchev–Trinajstić information content (AvgIpc) is 3.21. The Hall–Kier alpha value is -3.28. The molecular weight excluding hydrogens is 459 g/mol. The van der Waals surface area contributed by atoms with Gasteiger partial charge in [-0.15, -0.1) is 0 Å². The van der Waals surface area contributed by atoms with Gasteiger partial charge in [-0.25, -0.2) is 4.79 Å². The van der Waals surface area contributed by atoms with Crippen molar-refractivity contribution in [2.75, 3.05) is 7.11 Å². The maximum Gasteiger partial charge on any atom is 0.328 e. The number of nitrogens with one attached hydrogen (secondary N) is 1. The lowest BCUT2D eigenvalue weighted by Crippen LogP contribution is -2.52. The van der Waals surface area contributed by atoms with Gasteiger partial charge in [-0.2, -0.15) is 0 Å². The Kier molecular flexibility index (Phi) is 5.60. The van der Waals surface area contributed by atoms with Gasteiger partial charge >= 0.3 is 5.97 Å². The topological polar surface area (TPSA) is 62.4 Å². The lowest BCUT2D eigenvalue weighted by Gasteiger charge is -2.41. The predicted octanol–water partition coefficient (Wildman–Crippen LogP) is 5.80. The maximum absolute atomic E-state index is 13.9. The van der Waals surface area contributed by atoms with Crippen molar-refractivity contribution in [1.82, 2.24) is 9.88 Å². The SMILES string of the molecule is COC(=O)C1Cc2c([nH]c3ccccc23)C(c2ccc(Cl)cc2)N1C(=O)c1ccc(Cl)cc1. The van der Waals surface area contributed by atoms with Crippen LogP contribution in [0.5, 0.6) is 0 Å². The lowest BCUT2D eigenvalue weighted by molar-refractivity contribution is -0.147. The molecule has 5 rings (SSSR count). The highest BCUT2D eigenvalue weighted by Gasteiger charge is 2.44. The summed E-state index contributed by atoms with van der Waals surface area (Å²) in [6.07, 6.45) is 0.343. The van der Waals surface area contributed by atoms with Crippen molar-refractivity contribution in [3.63, 3.8) is 0 Å². The third-order valence-electron chi connectivity index (χ3n) is 6.12. The number of rotatable bonds is 3. The second kappa shape index (κ2) is 8.58. The number of amides is 1. The monoisotopic (exact) mass is 478 g/mol. The maximum atomic E-state index is 13.9. The van der Waals surface area contributed by atoms with Gasteiger partial charge in [-0.3, -0.25) is 4.79 Å². The molecule has 2 atom stereocenters. The van der Waals surface area contributed by atoms with Gasteiger partial charge < -0.3 is 14.6 Å². The minimum atomic E-state index is -0.800. The van der Waals surface area contributed by atoms with Gasteiger partial charge in [0.15, 0.2) is 0 Å². The quantitative estimate of drug-likeness (QED) is 0.378. The zero-order chi connectivity index (χ0) is 23.1. The molecule has 0 saturated carbocycles. The largest absolute Gasteiger partial charge is 0.467 e. The number of aromatic nitrogens is 1. The summed E-state index contributed by atoms with van der Waals surface area (Å²) in [6.45, 7) is 0. The van der Waals surface area contributed by atoms with E-state index in [1.165, 1.54) is 7.11 Å². The van der Waals surface area contributed by atoms with Crippen molar-refractivity contribution in [3.05, 3.63) is 105 Å². The van der Waals surface area contributed by atoms with Crippen LogP contribution >= 0.6 is 23.2 Å². The number of ether oxygens (including phenoxy) is 1. The van der Waals surface area contributed by atoms with E-state index in [1.807, 2.05) is 36.4 Å². The standard InChI is InChI=1S/C26H20Cl2N2O3/c1-33-26(32)22-14-20-19-4-2-3-5-21(19)29-23(20)24(15-6-10-17(27)11-7-15)30(22)25(31)16-8-12-18(28)13-9-16/h2-13,22,24,29H,14H2,1H3. The number of hydrogen-bond acceptors (Lipinski definition) is 3. The Labute approximate surface area is 200 Å². The van der Waals surface area contributed by atoms with Crippen LogP contribution in [0.25, 0.3) is 10.9 Å². The molecule has 1 aromatic heterocycles. The first kappa shape index (κ1) is 21.6. The Balaban J connectivity index is 1.75. The Morgan fingerprint density at radius 1 is 0.939 bits per heavy atom. The van der Waals surface area contributed by atoms with Gasteiger partial charge in [0.2, 0.25) is 0 Å². The van der Waals surface area contributed by atoms with E-state index in [2.05, 4.69) is 4.98 Å². The number of H-pyrrole nitrogens is 1. The van der Waals surface area contributed by atoms with E-state index >= 15 is 0 Å². The van der Waals surface area contributed by atoms with Crippen LogP contribution in [-0.2, 0) is 16.0 Å². The van der Waals surface area contributed by atoms with E-state index in [0.29, 0.717) is 22.0 Å². The number of aromatic amines is 1. The Morgan fingerprint density at radius 2 is 1.58 bits per heavy atom. The second-order valence-electron chi connectivity index (χ2n) is 7.98. The molecule has 166 valence electrons. The molecule has 0 saturated heterocycles. The van der Waals surface area contributed by atoms with Crippen LogP contribution in [0.1, 0.15) is 33.2 Å². The van der Waals surface area contributed by atoms with E-state index in [4.69, 9.17) is 27.9 Å². The third-order valence-corrected chi connectivity index (χ3v) is 6.62. The second-order valence-corrected chi connectivity index (χ2v) is 8.85. The first-order chi connectivity index (χ1) is 16.0. The molecule has 3 aromatic carbocycles. The molecule has 5 nitrogen and oxygen atoms in total. The smallest absolute Gasteiger partial charge is 0.328 e. The molecule has 2 unspecified atom stereocenters. The molecule has 1 N–H and O–H groups in total. The molecule has 2 heterocycles. The molecule has 0 radical (unpaired) electrons. The van der Waals surface area contributed by atoms with Gasteiger partial charge in [0.05, 0.1) is 13.2 Å². The molecule has 1 amide bonds. The average molecular weight is 479 g/mol. The normalized spacial score (nSPS) is 17.6. The third kappa shape index (κ3) is 3.77. The Bertz CT molecular complexity index is 1350. The van der Waals surface area contributed by atoms with E-state index in [-0.39, 0.29) is 5.91 Å². The number of fused-ring (bicyclic) bond motifs is 3. The van der Waals surface area contributed by atoms with Crippen molar-refractivity contribution < 1.29 is 14.3 Å². The fourth-order valence-corrected chi connectivity index (χ4v) is 4.84. The molecule has 0 fully saturated rings. The summed E-state index contributed by atoms with van der Waals surface area (Å²) in [4.78, 5) is 32.0. The highest BCUT2D eigenvalue weighted by atomic mass is 35.5. The molecule has 7 heteroatoms. The molecule has 0 aliphatic carbocycles. The van der Waals surface area contributed by atoms with Crippen molar-refractivity contribution in [3.8, 4) is 0 Å².